The van der Waals surface area contributed by atoms with Crippen molar-refractivity contribution in [3.05, 3.63) is 33.9 Å². The van der Waals surface area contributed by atoms with Crippen molar-refractivity contribution < 1.29 is 14.5 Å². The highest BCUT2D eigenvalue weighted by Crippen LogP contribution is 2.29. The fourth-order valence-electron chi connectivity index (χ4n) is 2.46. The van der Waals surface area contributed by atoms with E-state index in [1.54, 1.807) is 17.9 Å². The Morgan fingerprint density at radius 3 is 2.82 bits per heavy atom. The largest absolute Gasteiger partial charge is 0.487 e. The van der Waals surface area contributed by atoms with Crippen LogP contribution in [0.25, 0.3) is 0 Å². The van der Waals surface area contributed by atoms with Gasteiger partial charge in [0.1, 0.15) is 0 Å². The van der Waals surface area contributed by atoms with Crippen molar-refractivity contribution in [1.29, 1.82) is 0 Å². The molecule has 122 valence electrons. The van der Waals surface area contributed by atoms with Gasteiger partial charge >= 0.3 is 5.69 Å². The van der Waals surface area contributed by atoms with Crippen LogP contribution in [-0.2, 0) is 0 Å². The third kappa shape index (κ3) is 3.86. The number of hydrogen-bond acceptors (Lipinski definition) is 5. The minimum Gasteiger partial charge on any atom is -0.487 e. The average molecular weight is 330 g/mol. The van der Waals surface area contributed by atoms with Gasteiger partial charge < -0.3 is 15.4 Å². The molecule has 1 atom stereocenters. The number of halogens is 1. The molecule has 2 N–H and O–H groups in total. The summed E-state index contributed by atoms with van der Waals surface area (Å²) >= 11 is 0. The normalized spacial score (nSPS) is 17.0. The van der Waals surface area contributed by atoms with Crippen LogP contribution in [-0.4, -0.2) is 42.0 Å². The summed E-state index contributed by atoms with van der Waals surface area (Å²) in [5, 5.41) is 11.1. The first-order valence-corrected chi connectivity index (χ1v) is 6.97. The molecular weight excluding hydrogens is 310 g/mol. The van der Waals surface area contributed by atoms with Crippen LogP contribution in [0.15, 0.2) is 18.2 Å². The van der Waals surface area contributed by atoms with Crippen molar-refractivity contribution in [1.82, 2.24) is 4.90 Å². The number of carbonyl (C=O) groups is 1. The lowest BCUT2D eigenvalue weighted by molar-refractivity contribution is -0.385. The molecule has 0 saturated carbocycles. The lowest BCUT2D eigenvalue weighted by Crippen LogP contribution is -2.29. The molecule has 1 aromatic rings. The van der Waals surface area contributed by atoms with Gasteiger partial charge in [-0.2, -0.15) is 0 Å². The first-order valence-electron chi connectivity index (χ1n) is 6.97. The van der Waals surface area contributed by atoms with Crippen molar-refractivity contribution in [2.45, 2.75) is 13.3 Å². The Hall–Kier alpha value is -1.86. The maximum atomic E-state index is 12.4. The molecule has 1 aliphatic heterocycles. The predicted molar refractivity (Wildman–Crippen MR) is 84.6 cm³/mol. The zero-order valence-corrected chi connectivity index (χ0v) is 13.2. The molecule has 7 nitrogen and oxygen atoms in total. The number of amides is 1. The molecule has 1 heterocycles. The Morgan fingerprint density at radius 1 is 1.55 bits per heavy atom. The molecule has 1 saturated heterocycles. The molecule has 1 aromatic carbocycles. The molecule has 1 aliphatic rings. The highest BCUT2D eigenvalue weighted by molar-refractivity contribution is 5.95. The number of nitrogens with two attached hydrogens (primary N) is 1. The van der Waals surface area contributed by atoms with Gasteiger partial charge in [0.05, 0.1) is 11.5 Å². The van der Waals surface area contributed by atoms with Gasteiger partial charge in [-0.1, -0.05) is 0 Å². The summed E-state index contributed by atoms with van der Waals surface area (Å²) in [5.74, 6) is 0.295. The van der Waals surface area contributed by atoms with E-state index < -0.39 is 4.92 Å². The van der Waals surface area contributed by atoms with Gasteiger partial charge in [0.15, 0.2) is 5.75 Å². The summed E-state index contributed by atoms with van der Waals surface area (Å²) in [7, 11) is 0. The van der Waals surface area contributed by atoms with Gasteiger partial charge in [-0.05, 0) is 37.9 Å². The maximum Gasteiger partial charge on any atom is 0.311 e. The molecule has 0 bridgehead atoms. The van der Waals surface area contributed by atoms with E-state index in [2.05, 4.69) is 0 Å². The van der Waals surface area contributed by atoms with Gasteiger partial charge in [-0.25, -0.2) is 0 Å². The quantitative estimate of drug-likeness (QED) is 0.656. The summed E-state index contributed by atoms with van der Waals surface area (Å²) in [6.07, 6.45) is 0.876. The number of nitro benzene ring substituents is 1. The van der Waals surface area contributed by atoms with Crippen LogP contribution in [0.2, 0.25) is 0 Å². The van der Waals surface area contributed by atoms with E-state index in [-0.39, 0.29) is 29.8 Å². The highest BCUT2D eigenvalue weighted by Gasteiger charge is 2.27. The Bertz CT molecular complexity index is 553. The van der Waals surface area contributed by atoms with E-state index in [4.69, 9.17) is 10.5 Å². The van der Waals surface area contributed by atoms with E-state index in [0.29, 0.717) is 37.7 Å². The maximum absolute atomic E-state index is 12.4. The Labute approximate surface area is 135 Å². The van der Waals surface area contributed by atoms with E-state index in [1.165, 1.54) is 12.1 Å². The number of benzene rings is 1. The van der Waals surface area contributed by atoms with Crippen molar-refractivity contribution >= 4 is 24.0 Å². The first-order chi connectivity index (χ1) is 10.1. The standard InChI is InChI=1S/C14H19N3O4.ClH/c1-2-21-13-4-3-11(7-12(13)17(19)20)14(18)16-6-5-10(8-15)9-16;/h3-4,7,10H,2,5-6,8-9,15H2,1H3;1H. The minimum absolute atomic E-state index is 0. The zero-order chi connectivity index (χ0) is 15.4. The Morgan fingerprint density at radius 2 is 2.27 bits per heavy atom. The van der Waals surface area contributed by atoms with Crippen LogP contribution in [0.3, 0.4) is 0 Å². The van der Waals surface area contributed by atoms with E-state index in [9.17, 15) is 14.9 Å². The van der Waals surface area contributed by atoms with Gasteiger partial charge in [0.25, 0.3) is 5.91 Å². The molecule has 8 heteroatoms. The van der Waals surface area contributed by atoms with Gasteiger partial charge in [-0.3, -0.25) is 14.9 Å². The smallest absolute Gasteiger partial charge is 0.311 e. The van der Waals surface area contributed by atoms with E-state index in [1.807, 2.05) is 0 Å². The van der Waals surface area contributed by atoms with Crippen LogP contribution in [0.1, 0.15) is 23.7 Å². The van der Waals surface area contributed by atoms with Crippen molar-refractivity contribution in [3.8, 4) is 5.75 Å². The number of nitro groups is 1. The van der Waals surface area contributed by atoms with Crippen LogP contribution in [0, 0.1) is 16.0 Å². The van der Waals surface area contributed by atoms with Crippen LogP contribution >= 0.6 is 12.4 Å². The van der Waals surface area contributed by atoms with Gasteiger partial charge in [0.2, 0.25) is 0 Å². The number of ether oxygens (including phenoxy) is 1. The Balaban J connectivity index is 0.00000242. The summed E-state index contributed by atoms with van der Waals surface area (Å²) < 4.78 is 5.21. The molecule has 22 heavy (non-hydrogen) atoms. The summed E-state index contributed by atoms with van der Waals surface area (Å²) in [4.78, 5) is 24.6. The SMILES string of the molecule is CCOc1ccc(C(=O)N2CCC(CN)C2)cc1[N+](=O)[O-].Cl. The monoisotopic (exact) mass is 329 g/mol. The molecule has 0 aliphatic carbocycles. The van der Waals surface area contributed by atoms with E-state index >= 15 is 0 Å². The molecule has 1 unspecified atom stereocenters. The molecule has 0 aromatic heterocycles. The van der Waals surface area contributed by atoms with Gasteiger partial charge in [-0.15, -0.1) is 12.4 Å². The van der Waals surface area contributed by atoms with E-state index in [0.717, 1.165) is 6.42 Å². The third-order valence-electron chi connectivity index (χ3n) is 3.61. The van der Waals surface area contributed by atoms with Crippen LogP contribution < -0.4 is 10.5 Å². The predicted octanol–water partition coefficient (Wildman–Crippen LogP) is 1.84. The van der Waals surface area contributed by atoms with Crippen molar-refractivity contribution in [2.75, 3.05) is 26.2 Å². The topological polar surface area (TPSA) is 98.7 Å². The second-order valence-corrected chi connectivity index (χ2v) is 5.01. The zero-order valence-electron chi connectivity index (χ0n) is 12.4. The number of likely N-dealkylation sites (tertiary alicyclic amines) is 1. The fraction of sp³-hybridized carbons (Fsp3) is 0.500. The Kier molecular flexibility index (Phi) is 6.58. The second-order valence-electron chi connectivity index (χ2n) is 5.01. The molecular formula is C14H20ClN3O4. The third-order valence-corrected chi connectivity index (χ3v) is 3.61. The van der Waals surface area contributed by atoms with Crippen LogP contribution in [0.4, 0.5) is 5.69 Å². The number of nitrogens with zero attached hydrogens (tertiary/aromatic N) is 2. The highest BCUT2D eigenvalue weighted by atomic mass is 35.5. The number of rotatable bonds is 5. The fourth-order valence-corrected chi connectivity index (χ4v) is 2.46. The first kappa shape index (κ1) is 18.2. The molecule has 2 rings (SSSR count). The molecule has 1 fully saturated rings. The van der Waals surface area contributed by atoms with Crippen molar-refractivity contribution in [2.24, 2.45) is 11.7 Å². The summed E-state index contributed by atoms with van der Waals surface area (Å²) in [6.45, 7) is 3.88. The van der Waals surface area contributed by atoms with Gasteiger partial charge in [0, 0.05) is 24.7 Å². The second kappa shape index (κ2) is 7.95. The average Bonchev–Trinajstić information content (AvgIpc) is 2.96. The lowest BCUT2D eigenvalue weighted by atomic mass is 10.1. The lowest BCUT2D eigenvalue weighted by Gasteiger charge is -2.16. The number of hydrogen-bond donors (Lipinski definition) is 1. The van der Waals surface area contributed by atoms with Crippen LogP contribution in [0.5, 0.6) is 5.75 Å². The molecule has 0 radical (unpaired) electrons. The van der Waals surface area contributed by atoms with Crippen molar-refractivity contribution in [3.63, 3.8) is 0 Å². The molecule has 0 spiro atoms. The summed E-state index contributed by atoms with van der Waals surface area (Å²) in [5.41, 5.74) is 5.73. The molecule has 1 amide bonds. The summed E-state index contributed by atoms with van der Waals surface area (Å²) in [6, 6.07) is 4.32. The number of carbonyl (C=O) groups excluding carboxylic acids is 1. The minimum atomic E-state index is -0.533.